The second-order valence-electron chi connectivity index (χ2n) is 5.32. The number of amides is 1. The summed E-state index contributed by atoms with van der Waals surface area (Å²) in [6.45, 7) is 6.72. The van der Waals surface area contributed by atoms with Crippen LogP contribution >= 0.6 is 0 Å². The molecule has 1 rings (SSSR count). The van der Waals surface area contributed by atoms with Crippen LogP contribution in [0.2, 0.25) is 0 Å². The summed E-state index contributed by atoms with van der Waals surface area (Å²) in [5.74, 6) is 0.134. The SMILES string of the molecule is CCCCNC(=O)CNCC1(C)CCCC1. The third kappa shape index (κ3) is 4.97. The van der Waals surface area contributed by atoms with Crippen LogP contribution in [0.15, 0.2) is 0 Å². The molecule has 1 saturated carbocycles. The lowest BCUT2D eigenvalue weighted by Crippen LogP contribution is -2.38. The van der Waals surface area contributed by atoms with Gasteiger partial charge in [0.25, 0.3) is 0 Å². The molecule has 0 saturated heterocycles. The highest BCUT2D eigenvalue weighted by atomic mass is 16.1. The molecule has 2 N–H and O–H groups in total. The molecule has 1 fully saturated rings. The summed E-state index contributed by atoms with van der Waals surface area (Å²) >= 11 is 0. The largest absolute Gasteiger partial charge is 0.355 e. The van der Waals surface area contributed by atoms with Gasteiger partial charge in [-0.1, -0.05) is 33.1 Å². The van der Waals surface area contributed by atoms with Gasteiger partial charge in [0.15, 0.2) is 0 Å². The van der Waals surface area contributed by atoms with Gasteiger partial charge in [0.05, 0.1) is 6.54 Å². The Morgan fingerprint density at radius 1 is 1.31 bits per heavy atom. The van der Waals surface area contributed by atoms with Crippen LogP contribution in [0.1, 0.15) is 52.4 Å². The predicted octanol–water partition coefficient (Wildman–Crippen LogP) is 2.07. The van der Waals surface area contributed by atoms with Crippen molar-refractivity contribution in [3.05, 3.63) is 0 Å². The van der Waals surface area contributed by atoms with Crippen molar-refractivity contribution in [3.8, 4) is 0 Å². The summed E-state index contributed by atoms with van der Waals surface area (Å²) in [4.78, 5) is 11.4. The molecule has 1 aliphatic carbocycles. The molecule has 3 heteroatoms. The Kier molecular flexibility index (Phi) is 5.81. The Hall–Kier alpha value is -0.570. The van der Waals surface area contributed by atoms with Gasteiger partial charge in [-0.25, -0.2) is 0 Å². The molecule has 16 heavy (non-hydrogen) atoms. The van der Waals surface area contributed by atoms with E-state index in [4.69, 9.17) is 0 Å². The Balaban J connectivity index is 2.03. The lowest BCUT2D eigenvalue weighted by molar-refractivity contribution is -0.120. The van der Waals surface area contributed by atoms with E-state index in [1.807, 2.05) is 0 Å². The van der Waals surface area contributed by atoms with Crippen molar-refractivity contribution in [1.29, 1.82) is 0 Å². The van der Waals surface area contributed by atoms with Gasteiger partial charge in [0.2, 0.25) is 5.91 Å². The molecule has 0 aromatic carbocycles. The first-order valence-corrected chi connectivity index (χ1v) is 6.64. The van der Waals surface area contributed by atoms with Gasteiger partial charge in [-0.2, -0.15) is 0 Å². The first-order chi connectivity index (χ1) is 7.66. The van der Waals surface area contributed by atoms with Gasteiger partial charge in [-0.05, 0) is 24.7 Å². The minimum atomic E-state index is 0.134. The summed E-state index contributed by atoms with van der Waals surface area (Å²) in [5, 5.41) is 6.20. The van der Waals surface area contributed by atoms with Crippen LogP contribution in [-0.4, -0.2) is 25.5 Å². The first-order valence-electron chi connectivity index (χ1n) is 6.64. The molecule has 0 unspecified atom stereocenters. The minimum absolute atomic E-state index is 0.134. The fourth-order valence-corrected chi connectivity index (χ4v) is 2.35. The number of nitrogens with one attached hydrogen (secondary N) is 2. The van der Waals surface area contributed by atoms with Gasteiger partial charge in [0, 0.05) is 13.1 Å². The predicted molar refractivity (Wildman–Crippen MR) is 67.4 cm³/mol. The van der Waals surface area contributed by atoms with E-state index in [-0.39, 0.29) is 5.91 Å². The van der Waals surface area contributed by atoms with Crippen molar-refractivity contribution in [2.24, 2.45) is 5.41 Å². The van der Waals surface area contributed by atoms with E-state index in [1.165, 1.54) is 25.7 Å². The van der Waals surface area contributed by atoms with Crippen LogP contribution in [0.4, 0.5) is 0 Å². The van der Waals surface area contributed by atoms with Crippen LogP contribution in [0.25, 0.3) is 0 Å². The molecule has 94 valence electrons. The van der Waals surface area contributed by atoms with Crippen molar-refractivity contribution >= 4 is 5.91 Å². The Labute approximate surface area is 99.4 Å². The third-order valence-electron chi connectivity index (χ3n) is 3.50. The second kappa shape index (κ2) is 6.89. The smallest absolute Gasteiger partial charge is 0.233 e. The number of carbonyl (C=O) groups excluding carboxylic acids is 1. The summed E-state index contributed by atoms with van der Waals surface area (Å²) in [6, 6.07) is 0. The average molecular weight is 226 g/mol. The zero-order valence-electron chi connectivity index (χ0n) is 10.8. The molecule has 0 radical (unpaired) electrons. The standard InChI is InChI=1S/C13H26N2O/c1-3-4-9-15-12(16)10-14-11-13(2)7-5-6-8-13/h14H,3-11H2,1-2H3,(H,15,16). The lowest BCUT2D eigenvalue weighted by atomic mass is 9.89. The van der Waals surface area contributed by atoms with Gasteiger partial charge in [0.1, 0.15) is 0 Å². The maximum absolute atomic E-state index is 11.4. The number of hydrogen-bond donors (Lipinski definition) is 2. The molecule has 0 aromatic heterocycles. The summed E-state index contributed by atoms with van der Waals surface area (Å²) in [5.41, 5.74) is 0.434. The fraction of sp³-hybridized carbons (Fsp3) is 0.923. The fourth-order valence-electron chi connectivity index (χ4n) is 2.35. The van der Waals surface area contributed by atoms with Crippen molar-refractivity contribution in [2.45, 2.75) is 52.4 Å². The van der Waals surface area contributed by atoms with E-state index >= 15 is 0 Å². The number of unbranched alkanes of at least 4 members (excludes halogenated alkanes) is 1. The Morgan fingerprint density at radius 2 is 2.00 bits per heavy atom. The van der Waals surface area contributed by atoms with Gasteiger partial charge < -0.3 is 10.6 Å². The van der Waals surface area contributed by atoms with Crippen molar-refractivity contribution in [2.75, 3.05) is 19.6 Å². The van der Waals surface area contributed by atoms with Gasteiger partial charge >= 0.3 is 0 Å². The molecule has 0 aromatic rings. The van der Waals surface area contributed by atoms with E-state index in [0.717, 1.165) is 25.9 Å². The molecular formula is C13H26N2O. The van der Waals surface area contributed by atoms with Crippen LogP contribution in [0, 0.1) is 5.41 Å². The van der Waals surface area contributed by atoms with Crippen LogP contribution in [0.3, 0.4) is 0 Å². The highest BCUT2D eigenvalue weighted by molar-refractivity contribution is 5.77. The van der Waals surface area contributed by atoms with E-state index in [0.29, 0.717) is 12.0 Å². The molecule has 0 atom stereocenters. The molecule has 0 heterocycles. The number of hydrogen-bond acceptors (Lipinski definition) is 2. The summed E-state index contributed by atoms with van der Waals surface area (Å²) in [7, 11) is 0. The van der Waals surface area contributed by atoms with Crippen LogP contribution in [-0.2, 0) is 4.79 Å². The zero-order valence-corrected chi connectivity index (χ0v) is 10.8. The average Bonchev–Trinajstić information content (AvgIpc) is 2.66. The summed E-state index contributed by atoms with van der Waals surface area (Å²) < 4.78 is 0. The van der Waals surface area contributed by atoms with Crippen molar-refractivity contribution in [3.63, 3.8) is 0 Å². The maximum atomic E-state index is 11.4. The normalized spacial score (nSPS) is 18.6. The molecule has 0 bridgehead atoms. The van der Waals surface area contributed by atoms with E-state index in [1.54, 1.807) is 0 Å². The maximum Gasteiger partial charge on any atom is 0.233 e. The number of carbonyl (C=O) groups is 1. The van der Waals surface area contributed by atoms with Crippen molar-refractivity contribution < 1.29 is 4.79 Å². The highest BCUT2D eigenvalue weighted by Crippen LogP contribution is 2.36. The van der Waals surface area contributed by atoms with E-state index in [9.17, 15) is 4.79 Å². The Bertz CT molecular complexity index is 210. The first kappa shape index (κ1) is 13.5. The second-order valence-corrected chi connectivity index (χ2v) is 5.32. The molecular weight excluding hydrogens is 200 g/mol. The minimum Gasteiger partial charge on any atom is -0.355 e. The van der Waals surface area contributed by atoms with Crippen LogP contribution < -0.4 is 10.6 Å². The number of rotatable bonds is 7. The van der Waals surface area contributed by atoms with Gasteiger partial charge in [-0.15, -0.1) is 0 Å². The van der Waals surface area contributed by atoms with Crippen LogP contribution in [0.5, 0.6) is 0 Å². The van der Waals surface area contributed by atoms with E-state index in [2.05, 4.69) is 24.5 Å². The third-order valence-corrected chi connectivity index (χ3v) is 3.50. The van der Waals surface area contributed by atoms with E-state index < -0.39 is 0 Å². The lowest BCUT2D eigenvalue weighted by Gasteiger charge is -2.23. The Morgan fingerprint density at radius 3 is 2.62 bits per heavy atom. The molecule has 0 spiro atoms. The highest BCUT2D eigenvalue weighted by Gasteiger charge is 2.27. The quantitative estimate of drug-likeness (QED) is 0.653. The van der Waals surface area contributed by atoms with Crippen molar-refractivity contribution in [1.82, 2.24) is 10.6 Å². The molecule has 1 amide bonds. The molecule has 3 nitrogen and oxygen atoms in total. The topological polar surface area (TPSA) is 41.1 Å². The molecule has 0 aliphatic heterocycles. The summed E-state index contributed by atoms with van der Waals surface area (Å²) in [6.07, 6.45) is 7.51. The molecule has 1 aliphatic rings. The zero-order chi connectivity index (χ0) is 11.9. The van der Waals surface area contributed by atoms with Gasteiger partial charge in [-0.3, -0.25) is 4.79 Å². The monoisotopic (exact) mass is 226 g/mol.